The van der Waals surface area contributed by atoms with Crippen molar-refractivity contribution in [3.63, 3.8) is 0 Å². The summed E-state index contributed by atoms with van der Waals surface area (Å²) in [4.78, 5) is 21.9. The van der Waals surface area contributed by atoms with Gasteiger partial charge in [-0.2, -0.15) is 0 Å². The van der Waals surface area contributed by atoms with Crippen LogP contribution in [0.3, 0.4) is 0 Å². The lowest BCUT2D eigenvalue weighted by Gasteiger charge is -2.36. The lowest BCUT2D eigenvalue weighted by atomic mass is 10.0. The molecule has 1 amide bonds. The first-order valence-electron chi connectivity index (χ1n) is 12.3. The molecule has 0 spiro atoms. The van der Waals surface area contributed by atoms with Crippen LogP contribution in [0.4, 0.5) is 0 Å². The second-order valence-electron chi connectivity index (χ2n) is 9.58. The quantitative estimate of drug-likeness (QED) is 0.378. The fourth-order valence-corrected chi connectivity index (χ4v) is 5.08. The first-order chi connectivity index (χ1) is 17.4. The molecule has 3 aromatic rings. The van der Waals surface area contributed by atoms with Crippen molar-refractivity contribution >= 4 is 28.5 Å². The van der Waals surface area contributed by atoms with Crippen molar-refractivity contribution in [2.45, 2.75) is 32.5 Å². The minimum absolute atomic E-state index is 0.0455. The average Bonchev–Trinajstić information content (AvgIpc) is 2.90. The molecule has 0 aliphatic carbocycles. The molecule has 0 saturated heterocycles. The monoisotopic (exact) mass is 599 g/mol. The van der Waals surface area contributed by atoms with Gasteiger partial charge in [-0.3, -0.25) is 14.7 Å². The van der Waals surface area contributed by atoms with Crippen LogP contribution in [-0.4, -0.2) is 66.7 Å². The van der Waals surface area contributed by atoms with Crippen molar-refractivity contribution in [1.82, 2.24) is 14.8 Å². The highest BCUT2D eigenvalue weighted by atomic mass is 127. The van der Waals surface area contributed by atoms with Gasteiger partial charge in [0.15, 0.2) is 0 Å². The standard InChI is InChI=1S/C29H34IN3O3/c1-20-16-33(17-22-8-10-23(11-9-22)26-7-5-6-14-31-26)21(2)19-36-27-13-12-24(30)15-25(27)29(34)32(3)18-28(20)35-4/h5-15,20-21,28H,16-19H2,1-4H3/t20-,21-,28-/m0/s1. The highest BCUT2D eigenvalue weighted by Crippen LogP contribution is 2.26. The van der Waals surface area contributed by atoms with Crippen LogP contribution >= 0.6 is 22.6 Å². The third-order valence-corrected chi connectivity index (χ3v) is 7.51. The van der Waals surface area contributed by atoms with E-state index in [2.05, 4.69) is 70.6 Å². The molecule has 0 N–H and O–H groups in total. The first-order valence-corrected chi connectivity index (χ1v) is 13.4. The molecule has 190 valence electrons. The number of methoxy groups -OCH3 is 1. The van der Waals surface area contributed by atoms with Crippen LogP contribution in [0.1, 0.15) is 29.8 Å². The summed E-state index contributed by atoms with van der Waals surface area (Å²) >= 11 is 2.23. The summed E-state index contributed by atoms with van der Waals surface area (Å²) in [7, 11) is 3.56. The van der Waals surface area contributed by atoms with Gasteiger partial charge in [-0.1, -0.05) is 37.3 Å². The lowest BCUT2D eigenvalue weighted by molar-refractivity contribution is 0.00921. The van der Waals surface area contributed by atoms with Gasteiger partial charge in [0.1, 0.15) is 12.4 Å². The van der Waals surface area contributed by atoms with E-state index in [-0.39, 0.29) is 24.0 Å². The molecule has 0 radical (unpaired) electrons. The number of amides is 1. The van der Waals surface area contributed by atoms with E-state index in [9.17, 15) is 4.79 Å². The van der Waals surface area contributed by atoms with Crippen LogP contribution in [0.2, 0.25) is 0 Å². The number of fused-ring (bicyclic) bond motifs is 1. The molecular weight excluding hydrogens is 565 g/mol. The zero-order valence-corrected chi connectivity index (χ0v) is 23.5. The molecule has 1 aliphatic rings. The number of ether oxygens (including phenoxy) is 2. The maximum atomic E-state index is 13.3. The summed E-state index contributed by atoms with van der Waals surface area (Å²) in [6.07, 6.45) is 1.74. The van der Waals surface area contributed by atoms with Crippen molar-refractivity contribution < 1.29 is 14.3 Å². The molecule has 6 nitrogen and oxygen atoms in total. The third kappa shape index (κ3) is 6.44. The molecule has 2 heterocycles. The number of hydrogen-bond donors (Lipinski definition) is 0. The minimum Gasteiger partial charge on any atom is -0.491 e. The van der Waals surface area contributed by atoms with Gasteiger partial charge in [-0.05, 0) is 71.3 Å². The van der Waals surface area contributed by atoms with Gasteiger partial charge < -0.3 is 14.4 Å². The van der Waals surface area contributed by atoms with Gasteiger partial charge in [0.2, 0.25) is 0 Å². The van der Waals surface area contributed by atoms with Gasteiger partial charge >= 0.3 is 0 Å². The molecule has 1 aromatic heterocycles. The first kappa shape index (κ1) is 26.6. The van der Waals surface area contributed by atoms with E-state index >= 15 is 0 Å². The smallest absolute Gasteiger partial charge is 0.257 e. The average molecular weight is 600 g/mol. The minimum atomic E-state index is -0.0771. The van der Waals surface area contributed by atoms with Crippen molar-refractivity contribution in [1.29, 1.82) is 0 Å². The van der Waals surface area contributed by atoms with E-state index in [1.807, 2.05) is 49.6 Å². The van der Waals surface area contributed by atoms with Crippen molar-refractivity contribution in [2.24, 2.45) is 5.92 Å². The number of carbonyl (C=O) groups excluding carboxylic acids is 1. The molecule has 0 saturated carbocycles. The Balaban J connectivity index is 1.59. The predicted octanol–water partition coefficient (Wildman–Crippen LogP) is 5.36. The van der Waals surface area contributed by atoms with Crippen LogP contribution < -0.4 is 4.74 Å². The van der Waals surface area contributed by atoms with Crippen molar-refractivity contribution in [3.05, 3.63) is 81.6 Å². The van der Waals surface area contributed by atoms with Gasteiger partial charge in [0.05, 0.1) is 17.4 Å². The Labute approximate surface area is 227 Å². The van der Waals surface area contributed by atoms with E-state index in [1.54, 1.807) is 12.0 Å². The number of halogens is 1. The molecule has 1 aliphatic heterocycles. The van der Waals surface area contributed by atoms with E-state index in [0.29, 0.717) is 24.5 Å². The summed E-state index contributed by atoms with van der Waals surface area (Å²) < 4.78 is 13.1. The number of rotatable bonds is 4. The highest BCUT2D eigenvalue weighted by Gasteiger charge is 2.28. The van der Waals surface area contributed by atoms with E-state index in [4.69, 9.17) is 9.47 Å². The van der Waals surface area contributed by atoms with E-state index in [1.165, 1.54) is 5.56 Å². The van der Waals surface area contributed by atoms with Gasteiger partial charge in [-0.25, -0.2) is 0 Å². The molecule has 2 aromatic carbocycles. The molecule has 0 unspecified atom stereocenters. The molecule has 3 atom stereocenters. The number of carbonyl (C=O) groups is 1. The fraction of sp³-hybridized carbons (Fsp3) is 0.379. The van der Waals surface area contributed by atoms with Gasteiger partial charge in [0.25, 0.3) is 5.91 Å². The largest absolute Gasteiger partial charge is 0.491 e. The second-order valence-corrected chi connectivity index (χ2v) is 10.8. The Kier molecular flexibility index (Phi) is 8.98. The number of benzene rings is 2. The molecule has 7 heteroatoms. The van der Waals surface area contributed by atoms with Gasteiger partial charge in [-0.15, -0.1) is 0 Å². The Morgan fingerprint density at radius 1 is 1.08 bits per heavy atom. The maximum Gasteiger partial charge on any atom is 0.257 e. The van der Waals surface area contributed by atoms with Crippen LogP contribution in [0.15, 0.2) is 66.9 Å². The number of aromatic nitrogens is 1. The maximum absolute atomic E-state index is 13.3. The Bertz CT molecular complexity index is 1160. The molecule has 4 rings (SSSR count). The lowest BCUT2D eigenvalue weighted by Crippen LogP contribution is -2.46. The van der Waals surface area contributed by atoms with Crippen molar-refractivity contribution in [2.75, 3.05) is 33.9 Å². The van der Waals surface area contributed by atoms with Crippen LogP contribution in [-0.2, 0) is 11.3 Å². The van der Waals surface area contributed by atoms with E-state index < -0.39 is 0 Å². The van der Waals surface area contributed by atoms with Crippen molar-refractivity contribution in [3.8, 4) is 17.0 Å². The number of likely N-dealkylation sites (N-methyl/N-ethyl adjacent to an activating group) is 1. The Morgan fingerprint density at radius 2 is 1.86 bits per heavy atom. The highest BCUT2D eigenvalue weighted by molar-refractivity contribution is 14.1. The Hall–Kier alpha value is -2.49. The fourth-order valence-electron chi connectivity index (χ4n) is 4.59. The zero-order valence-electron chi connectivity index (χ0n) is 21.4. The normalized spacial score (nSPS) is 21.8. The topological polar surface area (TPSA) is 54.9 Å². The zero-order chi connectivity index (χ0) is 25.7. The number of hydrogen-bond acceptors (Lipinski definition) is 5. The molecule has 0 bridgehead atoms. The second kappa shape index (κ2) is 12.2. The molecular formula is C29H34IN3O3. The molecule has 0 fully saturated rings. The molecule has 36 heavy (non-hydrogen) atoms. The summed E-state index contributed by atoms with van der Waals surface area (Å²) in [5, 5.41) is 0. The summed E-state index contributed by atoms with van der Waals surface area (Å²) in [6, 6.07) is 20.5. The SMILES string of the molecule is CO[C@H]1CN(C)C(=O)c2cc(I)ccc2OC[C@H](C)N(Cc2ccc(-c3ccccn3)cc2)C[C@@H]1C. The number of nitrogens with zero attached hydrogens (tertiary/aromatic N) is 3. The summed E-state index contributed by atoms with van der Waals surface area (Å²) in [5.41, 5.74) is 3.91. The van der Waals surface area contributed by atoms with Gasteiger partial charge in [0, 0.05) is 55.2 Å². The van der Waals surface area contributed by atoms with E-state index in [0.717, 1.165) is 27.9 Å². The summed E-state index contributed by atoms with van der Waals surface area (Å²) in [6.45, 7) is 7.00. The third-order valence-electron chi connectivity index (χ3n) is 6.84. The Morgan fingerprint density at radius 3 is 2.56 bits per heavy atom. The predicted molar refractivity (Wildman–Crippen MR) is 151 cm³/mol. The number of pyridine rings is 1. The van der Waals surface area contributed by atoms with Crippen LogP contribution in [0, 0.1) is 9.49 Å². The van der Waals surface area contributed by atoms with Crippen LogP contribution in [0.25, 0.3) is 11.3 Å². The van der Waals surface area contributed by atoms with Crippen LogP contribution in [0.5, 0.6) is 5.75 Å². The summed E-state index contributed by atoms with van der Waals surface area (Å²) in [5.74, 6) is 0.799.